The number of fused-ring (bicyclic) bond motifs is 1. The van der Waals surface area contributed by atoms with Gasteiger partial charge >= 0.3 is 6.18 Å². The number of nitrogens with zero attached hydrogens (tertiary/aromatic N) is 1. The van der Waals surface area contributed by atoms with Gasteiger partial charge in [0, 0.05) is 34.6 Å². The summed E-state index contributed by atoms with van der Waals surface area (Å²) in [4.78, 5) is 0. The Morgan fingerprint density at radius 3 is 2.57 bits per heavy atom. The summed E-state index contributed by atoms with van der Waals surface area (Å²) in [7, 11) is 0. The lowest BCUT2D eigenvalue weighted by Gasteiger charge is -2.29. The van der Waals surface area contributed by atoms with Crippen molar-refractivity contribution < 1.29 is 27.1 Å². The molecule has 0 aliphatic heterocycles. The Bertz CT molecular complexity index is 753. The minimum Gasteiger partial charge on any atom is -0.382 e. The lowest BCUT2D eigenvalue weighted by Crippen LogP contribution is -2.33. The second-order valence-corrected chi connectivity index (χ2v) is 5.85. The molecule has 0 saturated carbocycles. The van der Waals surface area contributed by atoms with Gasteiger partial charge in [0.15, 0.2) is 0 Å². The lowest BCUT2D eigenvalue weighted by molar-refractivity contribution is -0.147. The van der Waals surface area contributed by atoms with E-state index in [1.165, 1.54) is 16.7 Å². The minimum absolute atomic E-state index is 0.0259. The Kier molecular flexibility index (Phi) is 3.68. The molecule has 1 aromatic heterocycles. The maximum absolute atomic E-state index is 13.7. The molecule has 0 saturated heterocycles. The van der Waals surface area contributed by atoms with Crippen molar-refractivity contribution >= 4 is 11.6 Å². The fourth-order valence-corrected chi connectivity index (χ4v) is 3.02. The van der Waals surface area contributed by atoms with Gasteiger partial charge in [-0.3, -0.25) is 0 Å². The number of aliphatic hydroxyl groups is 1. The Hall–Kier alpha value is -1.60. The smallest absolute Gasteiger partial charge is 0.382 e. The predicted molar refractivity (Wildman–Crippen MR) is 74.0 cm³/mol. The molecule has 2 nitrogen and oxygen atoms in total. The summed E-state index contributed by atoms with van der Waals surface area (Å²) in [5.74, 6) is -3.59. The van der Waals surface area contributed by atoms with E-state index in [1.54, 1.807) is 12.1 Å². The van der Waals surface area contributed by atoms with Crippen LogP contribution in [0.2, 0.25) is 5.02 Å². The molecule has 1 aromatic carbocycles. The number of halogens is 6. The van der Waals surface area contributed by atoms with Gasteiger partial charge in [-0.15, -0.1) is 0 Å². The van der Waals surface area contributed by atoms with Crippen molar-refractivity contribution in [1.29, 1.82) is 0 Å². The van der Waals surface area contributed by atoms with Crippen molar-refractivity contribution in [1.82, 2.24) is 4.57 Å². The summed E-state index contributed by atoms with van der Waals surface area (Å²) in [6, 6.07) is 6.05. The maximum Gasteiger partial charge on any atom is 0.418 e. The van der Waals surface area contributed by atoms with E-state index < -0.39 is 35.8 Å². The van der Waals surface area contributed by atoms with Crippen LogP contribution in [0.15, 0.2) is 30.5 Å². The van der Waals surface area contributed by atoms with Gasteiger partial charge in [-0.25, -0.2) is 8.78 Å². The minimum atomic E-state index is -4.84. The molecular weight excluding hydrogens is 341 g/mol. The van der Waals surface area contributed by atoms with Crippen molar-refractivity contribution in [3.05, 3.63) is 52.3 Å². The largest absolute Gasteiger partial charge is 0.418 e. The molecular formula is C15H11ClF5NO. The van der Waals surface area contributed by atoms with Crippen LogP contribution in [0.1, 0.15) is 29.3 Å². The van der Waals surface area contributed by atoms with Crippen molar-refractivity contribution in [2.75, 3.05) is 0 Å². The number of rotatable bonds is 1. The third-order valence-electron chi connectivity index (χ3n) is 3.91. The third-order valence-corrected chi connectivity index (χ3v) is 4.15. The average Bonchev–Trinajstić information content (AvgIpc) is 2.83. The first kappa shape index (κ1) is 16.3. The molecule has 1 N–H and O–H groups in total. The molecule has 2 aromatic rings. The van der Waals surface area contributed by atoms with Crippen molar-refractivity contribution in [2.24, 2.45) is 0 Å². The second kappa shape index (κ2) is 5.21. The van der Waals surface area contributed by atoms with Crippen LogP contribution in [0.3, 0.4) is 0 Å². The van der Waals surface area contributed by atoms with E-state index in [-0.39, 0.29) is 12.1 Å². The van der Waals surface area contributed by atoms with Gasteiger partial charge in [0.25, 0.3) is 5.92 Å². The molecule has 1 unspecified atom stereocenters. The Morgan fingerprint density at radius 2 is 1.96 bits per heavy atom. The van der Waals surface area contributed by atoms with Gasteiger partial charge in [-0.2, -0.15) is 13.2 Å². The van der Waals surface area contributed by atoms with E-state index in [0.717, 1.165) is 6.20 Å². The SMILES string of the molecule is OC1c2c(C(F)(F)F)cn(-c3cccc(Cl)c3)c2CCC1(F)F. The third kappa shape index (κ3) is 2.72. The standard InChI is InChI=1S/C15H11ClF5NO/c16-8-2-1-3-9(6-8)22-7-10(15(19,20)21)12-11(22)4-5-14(17,18)13(12)23/h1-3,6-7,13,23H,4-5H2. The average molecular weight is 352 g/mol. The second-order valence-electron chi connectivity index (χ2n) is 5.41. The highest BCUT2D eigenvalue weighted by atomic mass is 35.5. The van der Waals surface area contributed by atoms with E-state index in [1.807, 2.05) is 0 Å². The van der Waals surface area contributed by atoms with Crippen LogP contribution in [0.5, 0.6) is 0 Å². The molecule has 1 heterocycles. The van der Waals surface area contributed by atoms with Gasteiger partial charge in [-0.05, 0) is 24.6 Å². The molecule has 1 aliphatic rings. The molecule has 0 radical (unpaired) electrons. The monoisotopic (exact) mass is 351 g/mol. The first-order valence-corrected chi connectivity index (χ1v) is 7.12. The first-order valence-electron chi connectivity index (χ1n) is 6.74. The Balaban J connectivity index is 2.25. The molecule has 23 heavy (non-hydrogen) atoms. The van der Waals surface area contributed by atoms with E-state index in [0.29, 0.717) is 10.7 Å². The molecule has 1 aliphatic carbocycles. The van der Waals surface area contributed by atoms with E-state index in [9.17, 15) is 27.1 Å². The first-order chi connectivity index (χ1) is 10.6. The molecule has 3 rings (SSSR count). The highest BCUT2D eigenvalue weighted by Gasteiger charge is 2.50. The lowest BCUT2D eigenvalue weighted by atomic mass is 9.89. The van der Waals surface area contributed by atoms with Gasteiger partial charge in [0.05, 0.1) is 5.56 Å². The summed E-state index contributed by atoms with van der Waals surface area (Å²) >= 11 is 5.84. The number of hydrogen-bond donors (Lipinski definition) is 1. The highest BCUT2D eigenvalue weighted by Crippen LogP contribution is 2.48. The Morgan fingerprint density at radius 1 is 1.26 bits per heavy atom. The molecule has 8 heteroatoms. The summed E-state index contributed by atoms with van der Waals surface area (Å²) in [6.45, 7) is 0. The van der Waals surface area contributed by atoms with Crippen LogP contribution in [0, 0.1) is 0 Å². The van der Waals surface area contributed by atoms with E-state index in [4.69, 9.17) is 11.6 Å². The van der Waals surface area contributed by atoms with Crippen LogP contribution >= 0.6 is 11.6 Å². The molecule has 1 atom stereocenters. The number of aliphatic hydroxyl groups excluding tert-OH is 1. The number of hydrogen-bond acceptors (Lipinski definition) is 1. The highest BCUT2D eigenvalue weighted by molar-refractivity contribution is 6.30. The Labute approximate surface area is 133 Å². The zero-order valence-electron chi connectivity index (χ0n) is 11.5. The van der Waals surface area contributed by atoms with Crippen LogP contribution < -0.4 is 0 Å². The van der Waals surface area contributed by atoms with Gasteiger partial charge in [0.1, 0.15) is 6.10 Å². The van der Waals surface area contributed by atoms with E-state index in [2.05, 4.69) is 0 Å². The summed E-state index contributed by atoms with van der Waals surface area (Å²) in [6.07, 6.45) is -7.59. The molecule has 124 valence electrons. The van der Waals surface area contributed by atoms with Gasteiger partial charge < -0.3 is 9.67 Å². The van der Waals surface area contributed by atoms with Crippen LogP contribution in [0.4, 0.5) is 22.0 Å². The number of benzene rings is 1. The zero-order chi connectivity index (χ0) is 17.0. The number of aromatic nitrogens is 1. The quantitative estimate of drug-likeness (QED) is 0.736. The summed E-state index contributed by atoms with van der Waals surface area (Å²) in [5.41, 5.74) is -1.66. The molecule has 0 bridgehead atoms. The van der Waals surface area contributed by atoms with Crippen molar-refractivity contribution in [2.45, 2.75) is 31.0 Å². The van der Waals surface area contributed by atoms with Crippen LogP contribution in [-0.4, -0.2) is 15.6 Å². The van der Waals surface area contributed by atoms with Crippen LogP contribution in [-0.2, 0) is 12.6 Å². The van der Waals surface area contributed by atoms with E-state index >= 15 is 0 Å². The number of alkyl halides is 5. The summed E-state index contributed by atoms with van der Waals surface area (Å²) < 4.78 is 68.2. The fourth-order valence-electron chi connectivity index (χ4n) is 2.84. The van der Waals surface area contributed by atoms with Gasteiger partial charge in [-0.1, -0.05) is 17.7 Å². The molecule has 0 spiro atoms. The van der Waals surface area contributed by atoms with Crippen molar-refractivity contribution in [3.63, 3.8) is 0 Å². The topological polar surface area (TPSA) is 25.2 Å². The normalized spacial score (nSPS) is 20.4. The summed E-state index contributed by atoms with van der Waals surface area (Å²) in [5, 5.41) is 10.1. The zero-order valence-corrected chi connectivity index (χ0v) is 12.3. The van der Waals surface area contributed by atoms with Crippen LogP contribution in [0.25, 0.3) is 5.69 Å². The maximum atomic E-state index is 13.7. The fraction of sp³-hybridized carbons (Fsp3) is 0.333. The predicted octanol–water partition coefficient (Wildman–Crippen LogP) is 4.76. The molecule has 0 fully saturated rings. The van der Waals surface area contributed by atoms with Gasteiger partial charge in [0.2, 0.25) is 0 Å². The van der Waals surface area contributed by atoms with Crippen molar-refractivity contribution in [3.8, 4) is 5.69 Å². The molecule has 0 amide bonds.